The van der Waals surface area contributed by atoms with E-state index in [4.69, 9.17) is 16.9 Å². The lowest BCUT2D eigenvalue weighted by atomic mass is 10.2. The highest BCUT2D eigenvalue weighted by Crippen LogP contribution is 2.27. The van der Waals surface area contributed by atoms with Gasteiger partial charge in [0.15, 0.2) is 0 Å². The summed E-state index contributed by atoms with van der Waals surface area (Å²) in [4.78, 5) is 0. The normalized spacial score (nSPS) is 9.89. The minimum absolute atomic E-state index is 0.265. The maximum Gasteiger partial charge on any atom is 0.126 e. The number of aryl methyl sites for hydroxylation is 1. The van der Waals surface area contributed by atoms with Crippen LogP contribution in [0.1, 0.15) is 11.1 Å². The molecule has 4 heteroatoms. The van der Waals surface area contributed by atoms with Crippen molar-refractivity contribution >= 4 is 23.0 Å². The molecular weight excluding hydrogens is 251 g/mol. The molecule has 0 saturated carbocycles. The van der Waals surface area contributed by atoms with Crippen molar-refractivity contribution < 1.29 is 4.39 Å². The standard InChI is InChI=1S/C14H10ClFN2/c1-9-2-3-14(13(15)4-9)18-12-6-10(8-17)5-11(16)7-12/h2-7,18H,1H3. The second-order valence-corrected chi connectivity index (χ2v) is 4.36. The van der Waals surface area contributed by atoms with Gasteiger partial charge in [-0.1, -0.05) is 17.7 Å². The number of rotatable bonds is 2. The molecule has 2 aromatic carbocycles. The topological polar surface area (TPSA) is 35.8 Å². The zero-order valence-corrected chi connectivity index (χ0v) is 10.4. The summed E-state index contributed by atoms with van der Waals surface area (Å²) < 4.78 is 13.3. The Hall–Kier alpha value is -2.05. The van der Waals surface area contributed by atoms with Gasteiger partial charge in [0.1, 0.15) is 5.82 Å². The summed E-state index contributed by atoms with van der Waals surface area (Å²) in [6.07, 6.45) is 0. The molecular formula is C14H10ClFN2. The molecule has 0 heterocycles. The van der Waals surface area contributed by atoms with Crippen molar-refractivity contribution in [3.63, 3.8) is 0 Å². The summed E-state index contributed by atoms with van der Waals surface area (Å²) in [6, 6.07) is 11.5. The third kappa shape index (κ3) is 2.79. The Kier molecular flexibility index (Phi) is 3.50. The fourth-order valence-electron chi connectivity index (χ4n) is 1.60. The molecule has 0 atom stereocenters. The first-order valence-electron chi connectivity index (χ1n) is 5.32. The maximum absolute atomic E-state index is 13.3. The molecule has 0 radical (unpaired) electrons. The fraction of sp³-hybridized carbons (Fsp3) is 0.0714. The molecule has 0 aliphatic heterocycles. The van der Waals surface area contributed by atoms with Crippen LogP contribution in [0.3, 0.4) is 0 Å². The minimum atomic E-state index is -0.459. The van der Waals surface area contributed by atoms with Crippen molar-refractivity contribution in [3.8, 4) is 6.07 Å². The van der Waals surface area contributed by atoms with Crippen molar-refractivity contribution in [2.24, 2.45) is 0 Å². The van der Waals surface area contributed by atoms with Crippen LogP contribution in [0.25, 0.3) is 0 Å². The van der Waals surface area contributed by atoms with Crippen molar-refractivity contribution in [1.82, 2.24) is 0 Å². The van der Waals surface area contributed by atoms with Crippen LogP contribution in [0, 0.1) is 24.1 Å². The molecule has 0 fully saturated rings. The largest absolute Gasteiger partial charge is 0.354 e. The SMILES string of the molecule is Cc1ccc(Nc2cc(F)cc(C#N)c2)c(Cl)c1. The third-order valence-corrected chi connectivity index (χ3v) is 2.74. The van der Waals surface area contributed by atoms with Crippen molar-refractivity contribution in [2.45, 2.75) is 6.92 Å². The molecule has 0 aromatic heterocycles. The highest BCUT2D eigenvalue weighted by Gasteiger charge is 2.04. The Bertz CT molecular complexity index is 632. The van der Waals surface area contributed by atoms with Crippen LogP contribution in [-0.2, 0) is 0 Å². The van der Waals surface area contributed by atoms with Crippen LogP contribution >= 0.6 is 11.6 Å². The van der Waals surface area contributed by atoms with Gasteiger partial charge >= 0.3 is 0 Å². The van der Waals surface area contributed by atoms with Gasteiger partial charge < -0.3 is 5.32 Å². The Balaban J connectivity index is 2.34. The average Bonchev–Trinajstić information content (AvgIpc) is 2.32. The van der Waals surface area contributed by atoms with E-state index in [1.807, 2.05) is 31.2 Å². The molecule has 2 nitrogen and oxygen atoms in total. The van der Waals surface area contributed by atoms with Gasteiger partial charge in [0.05, 0.1) is 22.3 Å². The molecule has 2 rings (SSSR count). The van der Waals surface area contributed by atoms with E-state index in [-0.39, 0.29) is 5.56 Å². The Morgan fingerprint density at radius 1 is 1.22 bits per heavy atom. The van der Waals surface area contributed by atoms with Gasteiger partial charge in [-0.25, -0.2) is 4.39 Å². The molecule has 0 unspecified atom stereocenters. The molecule has 0 spiro atoms. The van der Waals surface area contributed by atoms with Gasteiger partial charge in [0, 0.05) is 5.69 Å². The van der Waals surface area contributed by atoms with E-state index >= 15 is 0 Å². The molecule has 0 bridgehead atoms. The van der Waals surface area contributed by atoms with Crippen LogP contribution in [0.5, 0.6) is 0 Å². The third-order valence-electron chi connectivity index (χ3n) is 2.43. The second-order valence-electron chi connectivity index (χ2n) is 3.95. The molecule has 90 valence electrons. The Labute approximate surface area is 110 Å². The summed E-state index contributed by atoms with van der Waals surface area (Å²) in [7, 11) is 0. The highest BCUT2D eigenvalue weighted by atomic mass is 35.5. The zero-order chi connectivity index (χ0) is 13.1. The number of nitrogens with zero attached hydrogens (tertiary/aromatic N) is 1. The molecule has 18 heavy (non-hydrogen) atoms. The first-order chi connectivity index (χ1) is 8.58. The van der Waals surface area contributed by atoms with Crippen molar-refractivity contribution in [2.75, 3.05) is 5.32 Å². The van der Waals surface area contributed by atoms with Crippen LogP contribution in [-0.4, -0.2) is 0 Å². The van der Waals surface area contributed by atoms with Crippen LogP contribution < -0.4 is 5.32 Å². The molecule has 0 amide bonds. The lowest BCUT2D eigenvalue weighted by Gasteiger charge is -2.09. The predicted octanol–water partition coefficient (Wildman–Crippen LogP) is 4.40. The number of nitrogens with one attached hydrogen (secondary N) is 1. The highest BCUT2D eigenvalue weighted by molar-refractivity contribution is 6.33. The van der Waals surface area contributed by atoms with E-state index in [0.717, 1.165) is 5.56 Å². The Morgan fingerprint density at radius 3 is 2.67 bits per heavy atom. The summed E-state index contributed by atoms with van der Waals surface area (Å²) in [6.45, 7) is 1.94. The monoisotopic (exact) mass is 260 g/mol. The number of benzene rings is 2. The van der Waals surface area contributed by atoms with E-state index in [0.29, 0.717) is 16.4 Å². The van der Waals surface area contributed by atoms with Gasteiger partial charge in [0.25, 0.3) is 0 Å². The van der Waals surface area contributed by atoms with E-state index in [2.05, 4.69) is 5.32 Å². The number of anilines is 2. The molecule has 1 N–H and O–H groups in total. The maximum atomic E-state index is 13.3. The predicted molar refractivity (Wildman–Crippen MR) is 70.6 cm³/mol. The number of nitriles is 1. The van der Waals surface area contributed by atoms with E-state index in [9.17, 15) is 4.39 Å². The number of halogens is 2. The second kappa shape index (κ2) is 5.07. The van der Waals surface area contributed by atoms with Gasteiger partial charge in [-0.05, 0) is 42.8 Å². The number of hydrogen-bond donors (Lipinski definition) is 1. The number of hydrogen-bond acceptors (Lipinski definition) is 2. The van der Waals surface area contributed by atoms with Crippen LogP contribution in [0.2, 0.25) is 5.02 Å². The molecule has 2 aromatic rings. The van der Waals surface area contributed by atoms with Gasteiger partial charge in [-0.15, -0.1) is 0 Å². The first-order valence-corrected chi connectivity index (χ1v) is 5.70. The minimum Gasteiger partial charge on any atom is -0.354 e. The lowest BCUT2D eigenvalue weighted by Crippen LogP contribution is -1.93. The molecule has 0 saturated heterocycles. The van der Waals surface area contributed by atoms with Crippen molar-refractivity contribution in [3.05, 3.63) is 58.4 Å². The van der Waals surface area contributed by atoms with Gasteiger partial charge in [-0.2, -0.15) is 5.26 Å². The fourth-order valence-corrected chi connectivity index (χ4v) is 1.89. The van der Waals surface area contributed by atoms with Crippen LogP contribution in [0.4, 0.5) is 15.8 Å². The van der Waals surface area contributed by atoms with Crippen molar-refractivity contribution in [1.29, 1.82) is 5.26 Å². The van der Waals surface area contributed by atoms with Gasteiger partial charge in [-0.3, -0.25) is 0 Å². The first kappa shape index (κ1) is 12.4. The summed E-state index contributed by atoms with van der Waals surface area (Å²) in [5.41, 5.74) is 2.48. The van der Waals surface area contributed by atoms with E-state index < -0.39 is 5.82 Å². The summed E-state index contributed by atoms with van der Waals surface area (Å²) in [5.74, 6) is -0.459. The smallest absolute Gasteiger partial charge is 0.126 e. The molecule has 0 aliphatic carbocycles. The van der Waals surface area contributed by atoms with E-state index in [1.54, 1.807) is 6.07 Å². The van der Waals surface area contributed by atoms with Crippen LogP contribution in [0.15, 0.2) is 36.4 Å². The summed E-state index contributed by atoms with van der Waals surface area (Å²) >= 11 is 6.07. The average molecular weight is 261 g/mol. The zero-order valence-electron chi connectivity index (χ0n) is 9.67. The Morgan fingerprint density at radius 2 is 2.00 bits per heavy atom. The summed E-state index contributed by atoms with van der Waals surface area (Å²) in [5, 5.41) is 12.3. The quantitative estimate of drug-likeness (QED) is 0.869. The van der Waals surface area contributed by atoms with E-state index in [1.165, 1.54) is 12.1 Å². The van der Waals surface area contributed by atoms with Gasteiger partial charge in [0.2, 0.25) is 0 Å². The molecule has 0 aliphatic rings. The lowest BCUT2D eigenvalue weighted by molar-refractivity contribution is 0.628.